The van der Waals surface area contributed by atoms with Gasteiger partial charge in [-0.2, -0.15) is 0 Å². The number of esters is 1. The number of nitrogens with zero attached hydrogens (tertiary/aromatic N) is 1. The number of anilines is 1. The van der Waals surface area contributed by atoms with Gasteiger partial charge in [0.25, 0.3) is 0 Å². The van der Waals surface area contributed by atoms with E-state index >= 15 is 0 Å². The van der Waals surface area contributed by atoms with Crippen LogP contribution in [0.3, 0.4) is 0 Å². The monoisotopic (exact) mass is 426 g/mol. The minimum atomic E-state index is -1.17. The summed E-state index contributed by atoms with van der Waals surface area (Å²) in [6, 6.07) is 15.3. The average Bonchev–Trinajstić information content (AvgIpc) is 2.80. The Balaban J connectivity index is 1.96. The van der Waals surface area contributed by atoms with Crippen molar-refractivity contribution in [1.82, 2.24) is 5.32 Å². The summed E-state index contributed by atoms with van der Waals surface area (Å²) in [5, 5.41) is 12.8. The van der Waals surface area contributed by atoms with Crippen LogP contribution >= 0.6 is 0 Å². The summed E-state index contributed by atoms with van der Waals surface area (Å²) >= 11 is 0. The van der Waals surface area contributed by atoms with Gasteiger partial charge in [-0.3, -0.25) is 4.90 Å². The minimum absolute atomic E-state index is 0.111. The molecule has 6 nitrogen and oxygen atoms in total. The van der Waals surface area contributed by atoms with Crippen LogP contribution in [-0.4, -0.2) is 43.9 Å². The SMILES string of the molecule is CCCCCCCNC(=O)N(C)c1cccc(-c2ccc(CC(O)C(=O)OC)cc2)c1. The summed E-state index contributed by atoms with van der Waals surface area (Å²) in [7, 11) is 3.02. The van der Waals surface area contributed by atoms with Gasteiger partial charge in [-0.15, -0.1) is 0 Å². The van der Waals surface area contributed by atoms with Crippen molar-refractivity contribution in [3.63, 3.8) is 0 Å². The summed E-state index contributed by atoms with van der Waals surface area (Å²) < 4.78 is 4.55. The molecule has 31 heavy (non-hydrogen) atoms. The Kier molecular flexibility index (Phi) is 10.0. The minimum Gasteiger partial charge on any atom is -0.467 e. The number of ether oxygens (including phenoxy) is 1. The lowest BCUT2D eigenvalue weighted by atomic mass is 10.0. The van der Waals surface area contributed by atoms with Gasteiger partial charge in [0.05, 0.1) is 7.11 Å². The maximum absolute atomic E-state index is 12.5. The molecule has 0 saturated heterocycles. The Morgan fingerprint density at radius 1 is 1.03 bits per heavy atom. The summed E-state index contributed by atoms with van der Waals surface area (Å²) in [5.74, 6) is -0.640. The second-order valence-electron chi connectivity index (χ2n) is 7.70. The molecule has 0 aliphatic rings. The van der Waals surface area contributed by atoms with Gasteiger partial charge in [0.2, 0.25) is 0 Å². The summed E-state index contributed by atoms with van der Waals surface area (Å²) in [5.41, 5.74) is 3.62. The van der Waals surface area contributed by atoms with E-state index in [1.54, 1.807) is 11.9 Å². The number of hydrogen-bond acceptors (Lipinski definition) is 4. The van der Waals surface area contributed by atoms with E-state index in [2.05, 4.69) is 17.0 Å². The van der Waals surface area contributed by atoms with E-state index < -0.39 is 12.1 Å². The van der Waals surface area contributed by atoms with Crippen molar-refractivity contribution in [1.29, 1.82) is 0 Å². The van der Waals surface area contributed by atoms with E-state index in [1.165, 1.54) is 26.4 Å². The van der Waals surface area contributed by atoms with Crippen LogP contribution in [0.1, 0.15) is 44.6 Å². The van der Waals surface area contributed by atoms with E-state index in [1.807, 2.05) is 48.5 Å². The number of nitrogens with one attached hydrogen (secondary N) is 1. The summed E-state index contributed by atoms with van der Waals surface area (Å²) in [6.07, 6.45) is 4.84. The van der Waals surface area contributed by atoms with E-state index in [0.29, 0.717) is 6.54 Å². The molecule has 6 heteroatoms. The van der Waals surface area contributed by atoms with Crippen LogP contribution in [0.15, 0.2) is 48.5 Å². The van der Waals surface area contributed by atoms with Crippen LogP contribution < -0.4 is 10.2 Å². The Morgan fingerprint density at radius 3 is 2.42 bits per heavy atom. The number of aliphatic hydroxyl groups excluding tert-OH is 1. The largest absolute Gasteiger partial charge is 0.467 e. The molecular weight excluding hydrogens is 392 g/mol. The molecule has 2 aromatic carbocycles. The first kappa shape index (κ1) is 24.4. The van der Waals surface area contributed by atoms with Crippen LogP contribution in [-0.2, 0) is 16.0 Å². The van der Waals surface area contributed by atoms with Gasteiger partial charge in [-0.1, -0.05) is 69.0 Å². The van der Waals surface area contributed by atoms with E-state index in [4.69, 9.17) is 0 Å². The lowest BCUT2D eigenvalue weighted by Crippen LogP contribution is -2.37. The van der Waals surface area contributed by atoms with Gasteiger partial charge in [0, 0.05) is 25.7 Å². The smallest absolute Gasteiger partial charge is 0.335 e. The van der Waals surface area contributed by atoms with E-state index in [0.717, 1.165) is 35.2 Å². The number of aliphatic hydroxyl groups is 1. The molecule has 2 rings (SSSR count). The third kappa shape index (κ3) is 7.72. The van der Waals surface area contributed by atoms with Crippen LogP contribution in [0.2, 0.25) is 0 Å². The Labute approximate surface area is 185 Å². The number of unbranched alkanes of at least 4 members (excludes halogenated alkanes) is 4. The second kappa shape index (κ2) is 12.7. The van der Waals surface area contributed by atoms with Crippen molar-refractivity contribution in [3.8, 4) is 11.1 Å². The molecular formula is C25H34N2O4. The zero-order chi connectivity index (χ0) is 22.6. The average molecular weight is 427 g/mol. The molecule has 0 saturated carbocycles. The molecule has 0 heterocycles. The molecule has 1 unspecified atom stereocenters. The van der Waals surface area contributed by atoms with Gasteiger partial charge in [-0.25, -0.2) is 9.59 Å². The summed E-state index contributed by atoms with van der Waals surface area (Å²) in [6.45, 7) is 2.88. The van der Waals surface area contributed by atoms with Gasteiger partial charge in [0.1, 0.15) is 0 Å². The van der Waals surface area contributed by atoms with E-state index in [9.17, 15) is 14.7 Å². The molecule has 0 aromatic heterocycles. The Morgan fingerprint density at radius 2 is 1.74 bits per heavy atom. The van der Waals surface area contributed by atoms with Gasteiger partial charge in [-0.05, 0) is 35.2 Å². The van der Waals surface area contributed by atoms with Crippen molar-refractivity contribution >= 4 is 17.7 Å². The first-order valence-electron chi connectivity index (χ1n) is 10.9. The van der Waals surface area contributed by atoms with E-state index in [-0.39, 0.29) is 12.5 Å². The van der Waals surface area contributed by atoms with Crippen LogP contribution in [0.25, 0.3) is 11.1 Å². The highest BCUT2D eigenvalue weighted by molar-refractivity contribution is 5.92. The lowest BCUT2D eigenvalue weighted by molar-refractivity contribution is -0.150. The van der Waals surface area contributed by atoms with Crippen molar-refractivity contribution < 1.29 is 19.4 Å². The third-order valence-corrected chi connectivity index (χ3v) is 5.28. The fourth-order valence-corrected chi connectivity index (χ4v) is 3.33. The Bertz CT molecular complexity index is 836. The highest BCUT2D eigenvalue weighted by Gasteiger charge is 2.16. The molecule has 0 fully saturated rings. The highest BCUT2D eigenvalue weighted by Crippen LogP contribution is 2.25. The number of methoxy groups -OCH3 is 1. The molecule has 0 aliphatic carbocycles. The quantitative estimate of drug-likeness (QED) is 0.408. The topological polar surface area (TPSA) is 78.9 Å². The number of hydrogen-bond donors (Lipinski definition) is 2. The Hall–Kier alpha value is -2.86. The second-order valence-corrected chi connectivity index (χ2v) is 7.70. The maximum atomic E-state index is 12.5. The fraction of sp³-hybridized carbons (Fsp3) is 0.440. The zero-order valence-corrected chi connectivity index (χ0v) is 18.8. The molecule has 2 amide bonds. The molecule has 0 spiro atoms. The summed E-state index contributed by atoms with van der Waals surface area (Å²) in [4.78, 5) is 25.5. The van der Waals surface area contributed by atoms with Gasteiger partial charge < -0.3 is 15.2 Å². The third-order valence-electron chi connectivity index (χ3n) is 5.28. The normalized spacial score (nSPS) is 11.6. The molecule has 1 atom stereocenters. The van der Waals surface area contributed by atoms with Crippen molar-refractivity contribution in [2.24, 2.45) is 0 Å². The number of benzene rings is 2. The van der Waals surface area contributed by atoms with Crippen molar-refractivity contribution in [2.45, 2.75) is 51.6 Å². The standard InChI is InChI=1S/C25H34N2O4/c1-4-5-6-7-8-16-26-25(30)27(2)22-11-9-10-21(18-22)20-14-12-19(13-15-20)17-23(28)24(29)31-3/h9-15,18,23,28H,4-8,16-17H2,1-3H3,(H,26,30). The maximum Gasteiger partial charge on any atom is 0.335 e. The molecule has 0 aliphatic heterocycles. The number of amides is 2. The predicted molar refractivity (Wildman–Crippen MR) is 124 cm³/mol. The first-order valence-corrected chi connectivity index (χ1v) is 10.9. The number of rotatable bonds is 11. The van der Waals surface area contributed by atoms with Crippen LogP contribution in [0.4, 0.5) is 10.5 Å². The zero-order valence-electron chi connectivity index (χ0n) is 18.8. The number of carbonyl (C=O) groups is 2. The van der Waals surface area contributed by atoms with Gasteiger partial charge >= 0.3 is 12.0 Å². The molecule has 168 valence electrons. The number of carbonyl (C=O) groups excluding carboxylic acids is 2. The number of urea groups is 1. The fourth-order valence-electron chi connectivity index (χ4n) is 3.33. The predicted octanol–water partition coefficient (Wildman–Crippen LogP) is 4.55. The highest BCUT2D eigenvalue weighted by atomic mass is 16.5. The van der Waals surface area contributed by atoms with Crippen molar-refractivity contribution in [2.75, 3.05) is 25.6 Å². The molecule has 0 radical (unpaired) electrons. The van der Waals surface area contributed by atoms with Gasteiger partial charge in [0.15, 0.2) is 6.10 Å². The molecule has 0 bridgehead atoms. The molecule has 2 aromatic rings. The van der Waals surface area contributed by atoms with Crippen LogP contribution in [0.5, 0.6) is 0 Å². The lowest BCUT2D eigenvalue weighted by Gasteiger charge is -2.19. The van der Waals surface area contributed by atoms with Crippen LogP contribution in [0, 0.1) is 0 Å². The van der Waals surface area contributed by atoms with Crippen molar-refractivity contribution in [3.05, 3.63) is 54.1 Å². The first-order chi connectivity index (χ1) is 15.0. The molecule has 2 N–H and O–H groups in total.